The second kappa shape index (κ2) is 5.22. The summed E-state index contributed by atoms with van der Waals surface area (Å²) in [6, 6.07) is 0. The molecule has 0 spiro atoms. The van der Waals surface area contributed by atoms with Gasteiger partial charge in [0.1, 0.15) is 0 Å². The minimum atomic E-state index is -2.74. The van der Waals surface area contributed by atoms with Crippen molar-refractivity contribution in [3.05, 3.63) is 0 Å². The van der Waals surface area contributed by atoms with E-state index >= 15 is 0 Å². The van der Waals surface area contributed by atoms with Gasteiger partial charge < -0.3 is 4.90 Å². The zero-order valence-corrected chi connectivity index (χ0v) is 9.49. The monoisotopic (exact) mass is 223 g/mol. The Hall–Kier alpha value is 0.260. The van der Waals surface area contributed by atoms with E-state index in [4.69, 9.17) is 0 Å². The first-order valence-electron chi connectivity index (χ1n) is 4.68. The fourth-order valence-corrected chi connectivity index (χ4v) is 2.96. The predicted octanol–water partition coefficient (Wildman–Crippen LogP) is 0.427. The fourth-order valence-electron chi connectivity index (χ4n) is 1.51. The Balaban J connectivity index is 2.36. The summed E-state index contributed by atoms with van der Waals surface area (Å²) in [4.78, 5) is 2.22. The minimum absolute atomic E-state index is 0.333. The molecule has 0 atom stereocenters. The van der Waals surface area contributed by atoms with E-state index in [1.807, 2.05) is 0 Å². The molecule has 0 N–H and O–H groups in total. The Morgan fingerprint density at radius 2 is 2.00 bits per heavy atom. The lowest BCUT2D eigenvalue weighted by molar-refractivity contribution is 0.297. The Labute approximate surface area is 85.8 Å². The van der Waals surface area contributed by atoms with Gasteiger partial charge in [-0.25, -0.2) is 8.42 Å². The highest BCUT2D eigenvalue weighted by molar-refractivity contribution is 7.91. The summed E-state index contributed by atoms with van der Waals surface area (Å²) < 4.78 is 22.5. The van der Waals surface area contributed by atoms with Crippen LogP contribution in [-0.2, 0) is 9.84 Å². The molecule has 0 aromatic carbocycles. The van der Waals surface area contributed by atoms with Crippen molar-refractivity contribution in [1.29, 1.82) is 0 Å². The third-order valence-corrected chi connectivity index (χ3v) is 4.31. The van der Waals surface area contributed by atoms with Crippen LogP contribution in [0.3, 0.4) is 0 Å². The molecule has 78 valence electrons. The van der Waals surface area contributed by atoms with E-state index in [0.717, 1.165) is 31.7 Å². The van der Waals surface area contributed by atoms with Crippen molar-refractivity contribution in [2.75, 3.05) is 36.9 Å². The van der Waals surface area contributed by atoms with Crippen LogP contribution < -0.4 is 0 Å². The van der Waals surface area contributed by atoms with Gasteiger partial charge in [0, 0.05) is 6.54 Å². The maximum absolute atomic E-state index is 11.2. The average Bonchev–Trinajstić information content (AvgIpc) is 2.23. The third-order valence-electron chi connectivity index (χ3n) is 2.28. The highest BCUT2D eigenvalue weighted by Gasteiger charge is 2.18. The normalized spacial score (nSPS) is 24.1. The van der Waals surface area contributed by atoms with Gasteiger partial charge in [0.15, 0.2) is 9.84 Å². The maximum atomic E-state index is 11.2. The first-order valence-corrected chi connectivity index (χ1v) is 7.13. The third kappa shape index (κ3) is 4.33. The van der Waals surface area contributed by atoms with Gasteiger partial charge in [0.05, 0.1) is 11.5 Å². The molecule has 3 nitrogen and oxygen atoms in total. The lowest BCUT2D eigenvalue weighted by atomic mass is 10.3. The molecule has 1 aliphatic rings. The van der Waals surface area contributed by atoms with E-state index in [0.29, 0.717) is 18.1 Å². The molecule has 13 heavy (non-hydrogen) atoms. The molecular weight excluding hydrogens is 206 g/mol. The van der Waals surface area contributed by atoms with E-state index in [1.54, 1.807) is 0 Å². The van der Waals surface area contributed by atoms with Crippen LogP contribution in [0.15, 0.2) is 0 Å². The molecular formula is C8H17NO2S2. The van der Waals surface area contributed by atoms with Crippen LogP contribution in [0.5, 0.6) is 0 Å². The van der Waals surface area contributed by atoms with Crippen molar-refractivity contribution in [3.63, 3.8) is 0 Å². The lowest BCUT2D eigenvalue weighted by Crippen LogP contribution is -2.28. The van der Waals surface area contributed by atoms with Gasteiger partial charge in [-0.2, -0.15) is 12.6 Å². The van der Waals surface area contributed by atoms with Gasteiger partial charge in [-0.15, -0.1) is 0 Å². The Kier molecular flexibility index (Phi) is 4.55. The average molecular weight is 223 g/mol. The van der Waals surface area contributed by atoms with Crippen LogP contribution in [-0.4, -0.2) is 50.2 Å². The molecule has 1 heterocycles. The smallest absolute Gasteiger partial charge is 0.151 e. The second-order valence-electron chi connectivity index (χ2n) is 3.42. The lowest BCUT2D eigenvalue weighted by Gasteiger charge is -2.17. The van der Waals surface area contributed by atoms with Crippen LogP contribution in [0.4, 0.5) is 0 Å². The second-order valence-corrected chi connectivity index (χ2v) is 6.18. The molecule has 1 rings (SSSR count). The van der Waals surface area contributed by atoms with E-state index in [2.05, 4.69) is 17.5 Å². The van der Waals surface area contributed by atoms with Crippen LogP contribution >= 0.6 is 12.6 Å². The standard InChI is InChI=1S/C8H17NO2S2/c10-13(11)7-2-4-9(5-8-13)3-1-6-12/h12H,1-8H2. The molecule has 5 heteroatoms. The fraction of sp³-hybridized carbons (Fsp3) is 1.00. The summed E-state index contributed by atoms with van der Waals surface area (Å²) >= 11 is 4.14. The van der Waals surface area contributed by atoms with Crippen LogP contribution in [0.25, 0.3) is 0 Å². The van der Waals surface area contributed by atoms with Gasteiger partial charge in [-0.3, -0.25) is 0 Å². The first kappa shape index (κ1) is 11.3. The maximum Gasteiger partial charge on any atom is 0.151 e. The van der Waals surface area contributed by atoms with Crippen molar-refractivity contribution in [1.82, 2.24) is 4.90 Å². The molecule has 0 aromatic heterocycles. The zero-order valence-electron chi connectivity index (χ0n) is 7.78. The molecule has 1 saturated heterocycles. The van der Waals surface area contributed by atoms with Gasteiger partial charge >= 0.3 is 0 Å². The Morgan fingerprint density at radius 1 is 1.23 bits per heavy atom. The van der Waals surface area contributed by atoms with Crippen LogP contribution in [0.2, 0.25) is 0 Å². The minimum Gasteiger partial charge on any atom is -0.302 e. The first-order chi connectivity index (χ1) is 6.14. The largest absolute Gasteiger partial charge is 0.302 e. The van der Waals surface area contributed by atoms with Crippen molar-refractivity contribution >= 4 is 22.5 Å². The number of rotatable bonds is 3. The van der Waals surface area contributed by atoms with Crippen LogP contribution in [0, 0.1) is 0 Å². The number of thiol groups is 1. The summed E-state index contributed by atoms with van der Waals surface area (Å²) in [7, 11) is -2.74. The van der Waals surface area contributed by atoms with E-state index in [9.17, 15) is 8.42 Å². The molecule has 1 fully saturated rings. The number of sulfone groups is 1. The molecule has 0 saturated carbocycles. The van der Waals surface area contributed by atoms with Crippen molar-refractivity contribution in [2.24, 2.45) is 0 Å². The number of hydrogen-bond donors (Lipinski definition) is 1. The molecule has 0 amide bonds. The molecule has 1 aliphatic heterocycles. The number of nitrogens with zero attached hydrogens (tertiary/aromatic N) is 1. The van der Waals surface area contributed by atoms with Crippen molar-refractivity contribution < 1.29 is 8.42 Å². The highest BCUT2D eigenvalue weighted by Crippen LogP contribution is 2.05. The molecule has 0 aromatic rings. The SMILES string of the molecule is O=S1(=O)CCCN(CCCS)CC1. The number of hydrogen-bond acceptors (Lipinski definition) is 4. The molecule has 0 bridgehead atoms. The summed E-state index contributed by atoms with van der Waals surface area (Å²) in [5.41, 5.74) is 0. The Morgan fingerprint density at radius 3 is 2.69 bits per heavy atom. The van der Waals surface area contributed by atoms with E-state index < -0.39 is 9.84 Å². The van der Waals surface area contributed by atoms with Crippen LogP contribution in [0.1, 0.15) is 12.8 Å². The molecule has 0 unspecified atom stereocenters. The Bertz CT molecular complexity index is 239. The van der Waals surface area contributed by atoms with Gasteiger partial charge in [0.2, 0.25) is 0 Å². The summed E-state index contributed by atoms with van der Waals surface area (Å²) in [5, 5.41) is 0. The quantitative estimate of drug-likeness (QED) is 0.705. The van der Waals surface area contributed by atoms with Gasteiger partial charge in [0.25, 0.3) is 0 Å². The predicted molar refractivity (Wildman–Crippen MR) is 58.2 cm³/mol. The van der Waals surface area contributed by atoms with Crippen molar-refractivity contribution in [2.45, 2.75) is 12.8 Å². The molecule has 0 aliphatic carbocycles. The van der Waals surface area contributed by atoms with Gasteiger partial charge in [-0.05, 0) is 31.7 Å². The highest BCUT2D eigenvalue weighted by atomic mass is 32.2. The van der Waals surface area contributed by atoms with E-state index in [1.165, 1.54) is 0 Å². The summed E-state index contributed by atoms with van der Waals surface area (Å²) in [6.45, 7) is 2.61. The van der Waals surface area contributed by atoms with Crippen molar-refractivity contribution in [3.8, 4) is 0 Å². The zero-order chi connectivity index (χ0) is 9.73. The summed E-state index contributed by atoms with van der Waals surface area (Å²) in [5.74, 6) is 1.58. The van der Waals surface area contributed by atoms with Gasteiger partial charge in [-0.1, -0.05) is 0 Å². The summed E-state index contributed by atoms with van der Waals surface area (Å²) in [6.07, 6.45) is 1.83. The van der Waals surface area contributed by atoms with E-state index in [-0.39, 0.29) is 0 Å². The molecule has 0 radical (unpaired) electrons. The topological polar surface area (TPSA) is 37.4 Å².